The van der Waals surface area contributed by atoms with Crippen LogP contribution in [-0.2, 0) is 0 Å². The van der Waals surface area contributed by atoms with Crippen molar-refractivity contribution in [2.75, 3.05) is 18.1 Å². The highest BCUT2D eigenvalue weighted by Crippen LogP contribution is 2.36. The maximum absolute atomic E-state index is 11.1. The molecule has 5 heteroatoms. The summed E-state index contributed by atoms with van der Waals surface area (Å²) in [7, 11) is 0. The van der Waals surface area contributed by atoms with E-state index in [9.17, 15) is 15.2 Å². The molecule has 0 saturated carbocycles. The molecule has 1 aromatic carbocycles. The lowest BCUT2D eigenvalue weighted by atomic mass is 10.0. The fourth-order valence-corrected chi connectivity index (χ4v) is 2.61. The van der Waals surface area contributed by atoms with E-state index in [-0.39, 0.29) is 23.3 Å². The van der Waals surface area contributed by atoms with E-state index in [1.54, 1.807) is 12.1 Å². The van der Waals surface area contributed by atoms with Gasteiger partial charge in [0, 0.05) is 12.6 Å². The Balaban J connectivity index is 2.41. The summed E-state index contributed by atoms with van der Waals surface area (Å²) in [4.78, 5) is 12.7. The molecule has 2 unspecified atom stereocenters. The van der Waals surface area contributed by atoms with Crippen LogP contribution in [0.1, 0.15) is 18.9 Å². The molecule has 0 amide bonds. The summed E-state index contributed by atoms with van der Waals surface area (Å²) >= 11 is 0. The van der Waals surface area contributed by atoms with Crippen molar-refractivity contribution >= 4 is 11.4 Å². The van der Waals surface area contributed by atoms with Crippen molar-refractivity contribution in [1.29, 1.82) is 0 Å². The van der Waals surface area contributed by atoms with Gasteiger partial charge in [-0.25, -0.2) is 0 Å². The van der Waals surface area contributed by atoms with Gasteiger partial charge in [0.15, 0.2) is 0 Å². The Morgan fingerprint density at radius 3 is 2.89 bits per heavy atom. The van der Waals surface area contributed by atoms with Crippen molar-refractivity contribution in [3.63, 3.8) is 0 Å². The van der Waals surface area contributed by atoms with Crippen LogP contribution in [0.3, 0.4) is 0 Å². The maximum Gasteiger partial charge on any atom is 0.292 e. The van der Waals surface area contributed by atoms with Gasteiger partial charge in [-0.3, -0.25) is 10.1 Å². The summed E-state index contributed by atoms with van der Waals surface area (Å²) in [5.74, 6) is 0.357. The summed E-state index contributed by atoms with van der Waals surface area (Å²) < 4.78 is 0. The topological polar surface area (TPSA) is 66.6 Å². The molecule has 0 radical (unpaired) electrons. The van der Waals surface area contributed by atoms with Crippen LogP contribution < -0.4 is 4.90 Å². The zero-order valence-corrected chi connectivity index (χ0v) is 10.7. The first kappa shape index (κ1) is 12.8. The first-order chi connectivity index (χ1) is 8.54. The number of hydrogen-bond acceptors (Lipinski definition) is 4. The monoisotopic (exact) mass is 250 g/mol. The number of benzene rings is 1. The highest BCUT2D eigenvalue weighted by Gasteiger charge is 2.33. The van der Waals surface area contributed by atoms with Gasteiger partial charge in [0.25, 0.3) is 5.69 Å². The van der Waals surface area contributed by atoms with E-state index < -0.39 is 0 Å². The van der Waals surface area contributed by atoms with E-state index in [0.29, 0.717) is 11.6 Å². The largest absolute Gasteiger partial charge is 0.394 e. The summed E-state index contributed by atoms with van der Waals surface area (Å²) in [6.45, 7) is 4.70. The third-order valence-corrected chi connectivity index (χ3v) is 3.71. The third kappa shape index (κ3) is 2.18. The summed E-state index contributed by atoms with van der Waals surface area (Å²) in [5.41, 5.74) is 1.62. The number of anilines is 1. The van der Waals surface area contributed by atoms with Crippen LogP contribution in [0.5, 0.6) is 0 Å². The predicted molar refractivity (Wildman–Crippen MR) is 69.8 cm³/mol. The van der Waals surface area contributed by atoms with Crippen molar-refractivity contribution in [1.82, 2.24) is 0 Å². The molecule has 0 bridgehead atoms. The Hall–Kier alpha value is -1.62. The molecule has 2 atom stereocenters. The number of aliphatic hydroxyl groups is 1. The number of nitro benzene ring substituents is 1. The zero-order chi connectivity index (χ0) is 13.3. The number of nitrogens with zero attached hydrogens (tertiary/aromatic N) is 2. The van der Waals surface area contributed by atoms with Gasteiger partial charge in [0.1, 0.15) is 5.69 Å². The van der Waals surface area contributed by atoms with Crippen LogP contribution in [-0.4, -0.2) is 29.2 Å². The minimum atomic E-state index is -0.347. The van der Waals surface area contributed by atoms with Gasteiger partial charge in [0.2, 0.25) is 0 Å². The molecule has 0 spiro atoms. The van der Waals surface area contributed by atoms with Gasteiger partial charge in [0.05, 0.1) is 17.6 Å². The van der Waals surface area contributed by atoms with E-state index in [1.807, 2.05) is 17.9 Å². The second-order valence-corrected chi connectivity index (χ2v) is 4.96. The molecule has 2 rings (SSSR count). The highest BCUT2D eigenvalue weighted by molar-refractivity contribution is 5.65. The van der Waals surface area contributed by atoms with Gasteiger partial charge in [-0.1, -0.05) is 13.0 Å². The average molecular weight is 250 g/mol. The smallest absolute Gasteiger partial charge is 0.292 e. The number of aryl methyl sites for hydroxylation is 1. The molecule has 98 valence electrons. The molecule has 1 heterocycles. The van der Waals surface area contributed by atoms with Gasteiger partial charge in [-0.2, -0.15) is 0 Å². The summed E-state index contributed by atoms with van der Waals surface area (Å²) in [5, 5.41) is 20.6. The Labute approximate surface area is 106 Å². The van der Waals surface area contributed by atoms with E-state index in [4.69, 9.17) is 0 Å². The van der Waals surface area contributed by atoms with Crippen molar-refractivity contribution in [3.8, 4) is 0 Å². The number of nitro groups is 1. The fourth-order valence-electron chi connectivity index (χ4n) is 2.61. The highest BCUT2D eigenvalue weighted by atomic mass is 16.6. The van der Waals surface area contributed by atoms with Crippen molar-refractivity contribution < 1.29 is 10.0 Å². The Morgan fingerprint density at radius 2 is 2.28 bits per heavy atom. The van der Waals surface area contributed by atoms with Crippen LogP contribution >= 0.6 is 0 Å². The second kappa shape index (κ2) is 4.94. The predicted octanol–water partition coefficient (Wildman–Crippen LogP) is 2.11. The molecule has 0 aliphatic carbocycles. The Morgan fingerprint density at radius 1 is 1.56 bits per heavy atom. The molecule has 1 saturated heterocycles. The van der Waals surface area contributed by atoms with Crippen molar-refractivity contribution in [3.05, 3.63) is 33.9 Å². The average Bonchev–Trinajstić information content (AvgIpc) is 2.70. The van der Waals surface area contributed by atoms with Crippen LogP contribution in [0, 0.1) is 23.0 Å². The zero-order valence-electron chi connectivity index (χ0n) is 10.7. The van der Waals surface area contributed by atoms with E-state index in [0.717, 1.165) is 18.5 Å². The number of hydrogen-bond donors (Lipinski definition) is 1. The second-order valence-electron chi connectivity index (χ2n) is 4.96. The molecular formula is C13H18N2O3. The quantitative estimate of drug-likeness (QED) is 0.659. The third-order valence-electron chi connectivity index (χ3n) is 3.71. The lowest BCUT2D eigenvalue weighted by molar-refractivity contribution is -0.384. The lowest BCUT2D eigenvalue weighted by Gasteiger charge is -2.27. The van der Waals surface area contributed by atoms with Crippen LogP contribution in [0.4, 0.5) is 11.4 Å². The first-order valence-corrected chi connectivity index (χ1v) is 6.17. The molecule has 18 heavy (non-hydrogen) atoms. The molecule has 1 N–H and O–H groups in total. The number of aliphatic hydroxyl groups excluding tert-OH is 1. The Bertz CT molecular complexity index is 462. The molecule has 1 aliphatic rings. The van der Waals surface area contributed by atoms with Crippen LogP contribution in [0.15, 0.2) is 18.2 Å². The standard InChI is InChI=1S/C13H18N2O3/c1-9-3-4-11(12(7-9)15(17)18)14-6-5-10(2)13(14)8-16/h3-4,7,10,13,16H,5-6,8H2,1-2H3. The lowest BCUT2D eigenvalue weighted by Crippen LogP contribution is -2.35. The van der Waals surface area contributed by atoms with E-state index in [2.05, 4.69) is 6.92 Å². The van der Waals surface area contributed by atoms with E-state index in [1.165, 1.54) is 0 Å². The normalized spacial score (nSPS) is 23.4. The molecule has 1 aromatic rings. The fraction of sp³-hybridized carbons (Fsp3) is 0.538. The van der Waals surface area contributed by atoms with Gasteiger partial charge >= 0.3 is 0 Å². The van der Waals surface area contributed by atoms with Crippen LogP contribution in [0.2, 0.25) is 0 Å². The van der Waals surface area contributed by atoms with Crippen molar-refractivity contribution in [2.24, 2.45) is 5.92 Å². The summed E-state index contributed by atoms with van der Waals surface area (Å²) in [6, 6.07) is 5.23. The molecule has 0 aromatic heterocycles. The van der Waals surface area contributed by atoms with E-state index >= 15 is 0 Å². The minimum Gasteiger partial charge on any atom is -0.394 e. The maximum atomic E-state index is 11.1. The van der Waals surface area contributed by atoms with Gasteiger partial charge in [-0.15, -0.1) is 0 Å². The van der Waals surface area contributed by atoms with Crippen molar-refractivity contribution in [2.45, 2.75) is 26.3 Å². The SMILES string of the molecule is Cc1ccc(N2CCC(C)C2CO)c([N+](=O)[O-])c1. The molecule has 1 fully saturated rings. The summed E-state index contributed by atoms with van der Waals surface area (Å²) in [6.07, 6.45) is 0.955. The Kier molecular flexibility index (Phi) is 3.52. The van der Waals surface area contributed by atoms with Gasteiger partial charge in [-0.05, 0) is 30.9 Å². The molecule has 5 nitrogen and oxygen atoms in total. The van der Waals surface area contributed by atoms with Crippen LogP contribution in [0.25, 0.3) is 0 Å². The number of rotatable bonds is 3. The van der Waals surface area contributed by atoms with Gasteiger partial charge < -0.3 is 10.0 Å². The first-order valence-electron chi connectivity index (χ1n) is 6.17. The molecular weight excluding hydrogens is 232 g/mol. The molecule has 1 aliphatic heterocycles. The minimum absolute atomic E-state index is 0.0218.